The van der Waals surface area contributed by atoms with Crippen molar-refractivity contribution in [2.45, 2.75) is 57.5 Å². The Hall–Kier alpha value is -3.43. The Labute approximate surface area is 178 Å². The summed E-state index contributed by atoms with van der Waals surface area (Å²) >= 11 is 0. The topological polar surface area (TPSA) is 130 Å². The van der Waals surface area contributed by atoms with Crippen molar-refractivity contribution in [3.8, 4) is 0 Å². The van der Waals surface area contributed by atoms with Gasteiger partial charge in [0.2, 0.25) is 5.91 Å². The molecule has 1 spiro atoms. The number of aromatic nitrogens is 3. The quantitative estimate of drug-likeness (QED) is 0.592. The molecule has 2 amide bonds. The molecule has 0 radical (unpaired) electrons. The molecular formula is C21H25N7O3. The molecule has 2 aliphatic carbocycles. The standard InChI is InChI=1S/C21H25N7O3/c1-12-9-14(24-15-10-16(23-11-22-15)25-18(29)13-5-6-13)20(31)28-17(12)19(30)26-21(27-28)7-3-2-4-8-21/h9-11,13,27H,2-8H2,1H3,(H,26,30)(H2,22,23,24,25,29). The molecule has 0 saturated heterocycles. The second kappa shape index (κ2) is 7.36. The number of pyridine rings is 1. The van der Waals surface area contributed by atoms with E-state index in [-0.39, 0.29) is 29.0 Å². The molecular weight excluding hydrogens is 398 g/mol. The Bertz CT molecular complexity index is 1120. The van der Waals surface area contributed by atoms with Crippen LogP contribution in [-0.2, 0) is 4.79 Å². The number of nitrogens with zero attached hydrogens (tertiary/aromatic N) is 3. The summed E-state index contributed by atoms with van der Waals surface area (Å²) < 4.78 is 1.36. The zero-order valence-corrected chi connectivity index (χ0v) is 17.3. The highest BCUT2D eigenvalue weighted by atomic mass is 16.2. The fraction of sp³-hybridized carbons (Fsp3) is 0.476. The third kappa shape index (κ3) is 3.73. The smallest absolute Gasteiger partial charge is 0.293 e. The van der Waals surface area contributed by atoms with Crippen LogP contribution in [0.4, 0.5) is 17.3 Å². The minimum atomic E-state index is -0.591. The van der Waals surface area contributed by atoms with E-state index in [1.165, 1.54) is 11.0 Å². The summed E-state index contributed by atoms with van der Waals surface area (Å²) in [6.45, 7) is 1.79. The molecule has 2 fully saturated rings. The SMILES string of the molecule is Cc1cc(Nc2cc(NC(=O)C3CC3)ncn2)c(=O)n2c1C(=O)NC1(CCCCC1)N2. The van der Waals surface area contributed by atoms with E-state index in [9.17, 15) is 14.4 Å². The molecule has 0 aromatic carbocycles. The van der Waals surface area contributed by atoms with Gasteiger partial charge in [-0.25, -0.2) is 14.6 Å². The molecule has 3 aliphatic rings. The monoisotopic (exact) mass is 423 g/mol. The summed E-state index contributed by atoms with van der Waals surface area (Å²) in [6.07, 6.45) is 7.78. The first-order chi connectivity index (χ1) is 14.9. The fourth-order valence-electron chi connectivity index (χ4n) is 4.34. The van der Waals surface area contributed by atoms with E-state index in [4.69, 9.17) is 0 Å². The summed E-state index contributed by atoms with van der Waals surface area (Å²) in [7, 11) is 0. The number of hydrogen-bond donors (Lipinski definition) is 4. The lowest BCUT2D eigenvalue weighted by atomic mass is 9.88. The van der Waals surface area contributed by atoms with Gasteiger partial charge in [0.25, 0.3) is 11.5 Å². The van der Waals surface area contributed by atoms with Crippen LogP contribution in [0.25, 0.3) is 0 Å². The molecule has 0 bridgehead atoms. The van der Waals surface area contributed by atoms with Gasteiger partial charge in [-0.05, 0) is 57.1 Å². The Morgan fingerprint density at radius 3 is 2.61 bits per heavy atom. The Morgan fingerprint density at radius 1 is 1.13 bits per heavy atom. The molecule has 31 heavy (non-hydrogen) atoms. The zero-order chi connectivity index (χ0) is 21.6. The van der Waals surface area contributed by atoms with Crippen molar-refractivity contribution in [2.24, 2.45) is 5.92 Å². The van der Waals surface area contributed by atoms with E-state index < -0.39 is 5.66 Å². The van der Waals surface area contributed by atoms with Crippen molar-refractivity contribution < 1.29 is 9.59 Å². The summed E-state index contributed by atoms with van der Waals surface area (Å²) in [5, 5.41) is 8.87. The Morgan fingerprint density at radius 2 is 1.87 bits per heavy atom. The van der Waals surface area contributed by atoms with E-state index in [0.29, 0.717) is 22.9 Å². The van der Waals surface area contributed by atoms with Crippen molar-refractivity contribution in [1.29, 1.82) is 0 Å². The molecule has 10 nitrogen and oxygen atoms in total. The first-order valence-corrected chi connectivity index (χ1v) is 10.7. The number of nitrogens with one attached hydrogen (secondary N) is 4. The van der Waals surface area contributed by atoms with Crippen molar-refractivity contribution >= 4 is 29.1 Å². The predicted molar refractivity (Wildman–Crippen MR) is 115 cm³/mol. The summed E-state index contributed by atoms with van der Waals surface area (Å²) in [5.41, 5.74) is 3.59. The second-order valence-corrected chi connectivity index (χ2v) is 8.62. The highest BCUT2D eigenvalue weighted by molar-refractivity contribution is 5.96. The number of carbonyl (C=O) groups is 2. The summed E-state index contributed by atoms with van der Waals surface area (Å²) in [4.78, 5) is 46.3. The maximum Gasteiger partial charge on any atom is 0.293 e. The third-order valence-electron chi connectivity index (χ3n) is 6.12. The normalized spacial score (nSPS) is 19.2. The lowest BCUT2D eigenvalue weighted by Crippen LogP contribution is -2.64. The average molecular weight is 423 g/mol. The van der Waals surface area contributed by atoms with Gasteiger partial charge in [0.15, 0.2) is 0 Å². The van der Waals surface area contributed by atoms with Crippen molar-refractivity contribution in [1.82, 2.24) is 20.0 Å². The average Bonchev–Trinajstić information content (AvgIpc) is 3.58. The molecule has 2 aromatic heterocycles. The van der Waals surface area contributed by atoms with Crippen LogP contribution in [0.3, 0.4) is 0 Å². The first kappa shape index (κ1) is 19.5. The van der Waals surface area contributed by atoms with Gasteiger partial charge in [-0.3, -0.25) is 19.8 Å². The molecule has 162 valence electrons. The van der Waals surface area contributed by atoms with Crippen LogP contribution in [-0.4, -0.2) is 32.1 Å². The molecule has 1 aliphatic heterocycles. The van der Waals surface area contributed by atoms with Crippen LogP contribution in [0.1, 0.15) is 61.0 Å². The van der Waals surface area contributed by atoms with Gasteiger partial charge in [0, 0.05) is 12.0 Å². The number of carbonyl (C=O) groups excluding carboxylic acids is 2. The van der Waals surface area contributed by atoms with Gasteiger partial charge < -0.3 is 16.0 Å². The summed E-state index contributed by atoms with van der Waals surface area (Å²) in [6, 6.07) is 3.22. The molecule has 3 heterocycles. The van der Waals surface area contributed by atoms with Gasteiger partial charge in [-0.15, -0.1) is 0 Å². The first-order valence-electron chi connectivity index (χ1n) is 10.7. The van der Waals surface area contributed by atoms with E-state index in [1.54, 1.807) is 19.1 Å². The van der Waals surface area contributed by atoms with Crippen molar-refractivity contribution in [3.63, 3.8) is 0 Å². The molecule has 2 aromatic rings. The van der Waals surface area contributed by atoms with Gasteiger partial charge >= 0.3 is 0 Å². The maximum absolute atomic E-state index is 13.2. The molecule has 5 rings (SSSR count). The minimum absolute atomic E-state index is 0.0534. The van der Waals surface area contributed by atoms with Crippen molar-refractivity contribution in [2.75, 3.05) is 16.1 Å². The van der Waals surface area contributed by atoms with Crippen molar-refractivity contribution in [3.05, 3.63) is 40.1 Å². The number of anilines is 3. The highest BCUT2D eigenvalue weighted by Gasteiger charge is 2.40. The number of fused-ring (bicyclic) bond motifs is 1. The lowest BCUT2D eigenvalue weighted by Gasteiger charge is -2.43. The maximum atomic E-state index is 13.2. The van der Waals surface area contributed by atoms with Gasteiger partial charge in [-0.1, -0.05) is 6.42 Å². The fourth-order valence-corrected chi connectivity index (χ4v) is 4.34. The van der Waals surface area contributed by atoms with Crippen LogP contribution in [0.15, 0.2) is 23.3 Å². The molecule has 2 saturated carbocycles. The molecule has 4 N–H and O–H groups in total. The van der Waals surface area contributed by atoms with Crippen LogP contribution < -0.4 is 26.9 Å². The number of rotatable bonds is 4. The number of aryl methyl sites for hydroxylation is 1. The van der Waals surface area contributed by atoms with Gasteiger partial charge in [-0.2, -0.15) is 0 Å². The van der Waals surface area contributed by atoms with Crippen LogP contribution >= 0.6 is 0 Å². The Kier molecular flexibility index (Phi) is 4.64. The van der Waals surface area contributed by atoms with Gasteiger partial charge in [0.05, 0.1) is 0 Å². The minimum Gasteiger partial charge on any atom is -0.336 e. The predicted octanol–water partition coefficient (Wildman–Crippen LogP) is 1.99. The van der Waals surface area contributed by atoms with E-state index in [0.717, 1.165) is 44.9 Å². The summed E-state index contributed by atoms with van der Waals surface area (Å²) in [5.74, 6) is 0.522. The largest absolute Gasteiger partial charge is 0.336 e. The van der Waals surface area contributed by atoms with E-state index in [1.807, 2.05) is 0 Å². The zero-order valence-electron chi connectivity index (χ0n) is 17.3. The van der Waals surface area contributed by atoms with E-state index >= 15 is 0 Å². The highest BCUT2D eigenvalue weighted by Crippen LogP contribution is 2.31. The lowest BCUT2D eigenvalue weighted by molar-refractivity contribution is -0.117. The van der Waals surface area contributed by atoms with Crippen LogP contribution in [0, 0.1) is 12.8 Å². The third-order valence-corrected chi connectivity index (χ3v) is 6.12. The molecule has 10 heteroatoms. The van der Waals surface area contributed by atoms with Crippen LogP contribution in [0.2, 0.25) is 0 Å². The molecule has 0 unspecified atom stereocenters. The molecule has 0 atom stereocenters. The van der Waals surface area contributed by atoms with E-state index in [2.05, 4.69) is 31.3 Å². The Balaban J connectivity index is 1.44. The number of hydrogen-bond acceptors (Lipinski definition) is 7. The van der Waals surface area contributed by atoms with Crippen LogP contribution in [0.5, 0.6) is 0 Å². The second-order valence-electron chi connectivity index (χ2n) is 8.62. The van der Waals surface area contributed by atoms with Gasteiger partial charge in [0.1, 0.15) is 35.0 Å². The number of amides is 2.